The second-order valence-corrected chi connectivity index (χ2v) is 9.62. The summed E-state index contributed by atoms with van der Waals surface area (Å²) in [5.41, 5.74) is 2.27. The van der Waals surface area contributed by atoms with Crippen LogP contribution >= 0.6 is 11.8 Å². The number of nitrogens with one attached hydrogen (secondary N) is 1. The van der Waals surface area contributed by atoms with Gasteiger partial charge in [0.05, 0.1) is 41.8 Å². The molecule has 0 unspecified atom stereocenters. The molecule has 2 amide bonds. The third kappa shape index (κ3) is 5.40. The van der Waals surface area contributed by atoms with E-state index in [-0.39, 0.29) is 30.6 Å². The molecular formula is C24H29N5O3S. The number of thioether (sulfide) groups is 1. The molecule has 2 fully saturated rings. The number of amides is 2. The molecular weight excluding hydrogens is 438 g/mol. The zero-order chi connectivity index (χ0) is 23.4. The maximum absolute atomic E-state index is 13.0. The van der Waals surface area contributed by atoms with E-state index < -0.39 is 6.04 Å². The molecule has 0 aliphatic carbocycles. The largest absolute Gasteiger partial charge is 0.375 e. The Kier molecular flexibility index (Phi) is 7.36. The summed E-state index contributed by atoms with van der Waals surface area (Å²) in [4.78, 5) is 33.7. The fourth-order valence-corrected chi connectivity index (χ4v) is 5.42. The number of benzene rings is 1. The summed E-state index contributed by atoms with van der Waals surface area (Å²) in [5, 5.41) is 12.7. The SMILES string of the molecule is CC(C)OC1CCN(c2ccc3nccc(C(=O)NCC(=O)N4CSC[C@H]4C#N)c3c2)CC1. The number of carbonyl (C=O) groups excluding carboxylic acids is 2. The Balaban J connectivity index is 1.45. The first kappa shape index (κ1) is 23.3. The van der Waals surface area contributed by atoms with E-state index in [1.165, 1.54) is 4.90 Å². The highest BCUT2D eigenvalue weighted by Gasteiger charge is 2.29. The van der Waals surface area contributed by atoms with E-state index in [0.717, 1.165) is 42.5 Å². The molecule has 1 N–H and O–H groups in total. The summed E-state index contributed by atoms with van der Waals surface area (Å²) in [6.45, 7) is 5.79. The maximum atomic E-state index is 13.0. The highest BCUT2D eigenvalue weighted by atomic mass is 32.2. The minimum Gasteiger partial charge on any atom is -0.375 e. The molecule has 0 saturated carbocycles. The summed E-state index contributed by atoms with van der Waals surface area (Å²) in [6.07, 6.45) is 4.07. The first-order valence-electron chi connectivity index (χ1n) is 11.3. The van der Waals surface area contributed by atoms with Crippen molar-refractivity contribution in [3.8, 4) is 6.07 Å². The molecule has 9 heteroatoms. The topological polar surface area (TPSA) is 98.6 Å². The third-order valence-electron chi connectivity index (χ3n) is 5.99. The second kappa shape index (κ2) is 10.4. The van der Waals surface area contributed by atoms with Crippen LogP contribution in [0.5, 0.6) is 0 Å². The van der Waals surface area contributed by atoms with Gasteiger partial charge in [0.15, 0.2) is 0 Å². The molecule has 1 aromatic carbocycles. The number of piperidine rings is 1. The molecule has 2 aromatic rings. The lowest BCUT2D eigenvalue weighted by atomic mass is 10.0. The number of nitrogens with zero attached hydrogens (tertiary/aromatic N) is 4. The van der Waals surface area contributed by atoms with Crippen LogP contribution in [-0.2, 0) is 9.53 Å². The van der Waals surface area contributed by atoms with Crippen molar-refractivity contribution in [3.63, 3.8) is 0 Å². The van der Waals surface area contributed by atoms with E-state index in [0.29, 0.717) is 17.2 Å². The number of ether oxygens (including phenoxy) is 1. The van der Waals surface area contributed by atoms with Crippen molar-refractivity contribution in [2.45, 2.75) is 44.9 Å². The van der Waals surface area contributed by atoms with Crippen LogP contribution in [0.15, 0.2) is 30.5 Å². The fourth-order valence-electron chi connectivity index (χ4n) is 4.31. The molecule has 4 rings (SSSR count). The second-order valence-electron chi connectivity index (χ2n) is 8.62. The van der Waals surface area contributed by atoms with Gasteiger partial charge in [-0.3, -0.25) is 14.6 Å². The van der Waals surface area contributed by atoms with E-state index in [1.54, 1.807) is 24.0 Å². The van der Waals surface area contributed by atoms with Crippen molar-refractivity contribution in [1.82, 2.24) is 15.2 Å². The molecule has 8 nitrogen and oxygen atoms in total. The summed E-state index contributed by atoms with van der Waals surface area (Å²) < 4.78 is 5.95. The van der Waals surface area contributed by atoms with Crippen molar-refractivity contribution in [1.29, 1.82) is 5.26 Å². The van der Waals surface area contributed by atoms with Crippen LogP contribution in [0.3, 0.4) is 0 Å². The molecule has 2 aliphatic heterocycles. The number of aromatic nitrogens is 1. The van der Waals surface area contributed by atoms with Crippen molar-refractivity contribution in [2.75, 3.05) is 36.2 Å². The van der Waals surface area contributed by atoms with Gasteiger partial charge in [-0.25, -0.2) is 0 Å². The van der Waals surface area contributed by atoms with Gasteiger partial charge in [0.25, 0.3) is 5.91 Å². The number of fused-ring (bicyclic) bond motifs is 1. The molecule has 2 saturated heterocycles. The number of hydrogen-bond donors (Lipinski definition) is 1. The van der Waals surface area contributed by atoms with Gasteiger partial charge in [-0.2, -0.15) is 5.26 Å². The molecule has 174 valence electrons. The molecule has 0 spiro atoms. The molecule has 2 aliphatic rings. The molecule has 33 heavy (non-hydrogen) atoms. The summed E-state index contributed by atoms with van der Waals surface area (Å²) in [7, 11) is 0. The van der Waals surface area contributed by atoms with Crippen LogP contribution in [0.1, 0.15) is 37.0 Å². The zero-order valence-electron chi connectivity index (χ0n) is 19.0. The monoisotopic (exact) mass is 467 g/mol. The van der Waals surface area contributed by atoms with Gasteiger partial charge in [-0.05, 0) is 51.0 Å². The minimum absolute atomic E-state index is 0.134. The van der Waals surface area contributed by atoms with E-state index in [9.17, 15) is 14.9 Å². The number of carbonyl (C=O) groups is 2. The van der Waals surface area contributed by atoms with E-state index in [2.05, 4.69) is 35.1 Å². The van der Waals surface area contributed by atoms with Crippen LogP contribution in [0, 0.1) is 11.3 Å². The Labute approximate surface area is 198 Å². The number of nitriles is 1. The smallest absolute Gasteiger partial charge is 0.252 e. The Morgan fingerprint density at radius 2 is 2.09 bits per heavy atom. The normalized spacial score (nSPS) is 19.2. The predicted molar refractivity (Wildman–Crippen MR) is 129 cm³/mol. The van der Waals surface area contributed by atoms with Crippen molar-refractivity contribution in [3.05, 3.63) is 36.0 Å². The summed E-state index contributed by atoms with van der Waals surface area (Å²) in [5.74, 6) is 0.519. The van der Waals surface area contributed by atoms with Crippen LogP contribution in [-0.4, -0.2) is 71.2 Å². The molecule has 0 bridgehead atoms. The Morgan fingerprint density at radius 1 is 1.30 bits per heavy atom. The average molecular weight is 468 g/mol. The van der Waals surface area contributed by atoms with Crippen LogP contribution < -0.4 is 10.2 Å². The molecule has 0 radical (unpaired) electrons. The lowest BCUT2D eigenvalue weighted by Crippen LogP contribution is -2.42. The highest BCUT2D eigenvalue weighted by molar-refractivity contribution is 7.99. The number of rotatable bonds is 6. The van der Waals surface area contributed by atoms with E-state index in [1.807, 2.05) is 18.2 Å². The van der Waals surface area contributed by atoms with Crippen molar-refractivity contribution >= 4 is 40.2 Å². The van der Waals surface area contributed by atoms with Gasteiger partial charge < -0.3 is 19.9 Å². The first-order chi connectivity index (χ1) is 16.0. The fraction of sp³-hybridized carbons (Fsp3) is 0.500. The summed E-state index contributed by atoms with van der Waals surface area (Å²) in [6, 6.07) is 9.36. The number of hydrogen-bond acceptors (Lipinski definition) is 7. The Morgan fingerprint density at radius 3 is 2.82 bits per heavy atom. The van der Waals surface area contributed by atoms with Gasteiger partial charge in [-0.1, -0.05) is 0 Å². The first-order valence-corrected chi connectivity index (χ1v) is 12.5. The third-order valence-corrected chi connectivity index (χ3v) is 7.01. The van der Waals surface area contributed by atoms with Gasteiger partial charge in [0.2, 0.25) is 5.91 Å². The lowest BCUT2D eigenvalue weighted by molar-refractivity contribution is -0.129. The van der Waals surface area contributed by atoms with Gasteiger partial charge in [-0.15, -0.1) is 11.8 Å². The van der Waals surface area contributed by atoms with Gasteiger partial charge in [0, 0.05) is 36.1 Å². The lowest BCUT2D eigenvalue weighted by Gasteiger charge is -2.34. The standard InChI is InChI=1S/C24H29N5O3S/c1-16(2)32-19-6-9-28(10-7-19)17-3-4-22-21(11-17)20(5-8-26-22)24(31)27-13-23(30)29-15-33-14-18(29)12-25/h3-5,8,11,16,18-19H,6-7,9-10,13-15H2,1-2H3,(H,27,31)/t18-/m1/s1. The number of pyridine rings is 1. The van der Waals surface area contributed by atoms with E-state index in [4.69, 9.17) is 4.74 Å². The maximum Gasteiger partial charge on any atom is 0.252 e. The quantitative estimate of drug-likeness (QED) is 0.697. The van der Waals surface area contributed by atoms with Crippen molar-refractivity contribution < 1.29 is 14.3 Å². The highest BCUT2D eigenvalue weighted by Crippen LogP contribution is 2.27. The number of anilines is 1. The van der Waals surface area contributed by atoms with Crippen LogP contribution in [0.25, 0.3) is 10.9 Å². The molecule has 1 atom stereocenters. The van der Waals surface area contributed by atoms with Crippen LogP contribution in [0.4, 0.5) is 5.69 Å². The van der Waals surface area contributed by atoms with E-state index >= 15 is 0 Å². The predicted octanol–water partition coefficient (Wildman–Crippen LogP) is 2.78. The minimum atomic E-state index is -0.432. The van der Waals surface area contributed by atoms with Gasteiger partial charge in [0.1, 0.15) is 6.04 Å². The van der Waals surface area contributed by atoms with Crippen molar-refractivity contribution in [2.24, 2.45) is 0 Å². The molecule has 1 aromatic heterocycles. The Bertz CT molecular complexity index is 1060. The summed E-state index contributed by atoms with van der Waals surface area (Å²) >= 11 is 1.54. The molecule has 3 heterocycles. The van der Waals surface area contributed by atoms with Crippen LogP contribution in [0.2, 0.25) is 0 Å². The zero-order valence-corrected chi connectivity index (χ0v) is 19.8. The van der Waals surface area contributed by atoms with Gasteiger partial charge >= 0.3 is 0 Å². The Hall–Kier alpha value is -2.83. The average Bonchev–Trinajstić information content (AvgIpc) is 3.31.